The Morgan fingerprint density at radius 2 is 2.08 bits per heavy atom. The molecule has 0 aliphatic carbocycles. The fourth-order valence-electron chi connectivity index (χ4n) is 0.548. The molecule has 0 unspecified atom stereocenters. The molecule has 1 N–H and O–H groups in total. The maximum absolute atomic E-state index is 10.6. The largest absolute Gasteiger partial charge is 0.508 e. The third kappa shape index (κ3) is 8.39. The van der Waals surface area contributed by atoms with Crippen molar-refractivity contribution in [1.82, 2.24) is 0 Å². The van der Waals surface area contributed by atoms with Gasteiger partial charge in [0.15, 0.2) is 0 Å². The van der Waals surface area contributed by atoms with Crippen LogP contribution in [0.25, 0.3) is 0 Å². The summed E-state index contributed by atoms with van der Waals surface area (Å²) in [7, 11) is 0. The molecule has 0 aromatic rings. The van der Waals surface area contributed by atoms with Crippen LogP contribution in [0.2, 0.25) is 0 Å². The Labute approximate surface area is 75.9 Å². The molecular weight excluding hydrogens is 176 g/mol. The number of rotatable bonds is 6. The zero-order valence-corrected chi connectivity index (χ0v) is 7.19. The second kappa shape index (κ2) is 7.15. The summed E-state index contributed by atoms with van der Waals surface area (Å²) in [5.74, 6) is -0.914. The molecule has 0 saturated carbocycles. The monoisotopic (exact) mass is 188 g/mol. The van der Waals surface area contributed by atoms with Gasteiger partial charge in [-0.1, -0.05) is 12.7 Å². The fraction of sp³-hybridized carbons (Fsp3) is 0.500. The van der Waals surface area contributed by atoms with Gasteiger partial charge in [0.25, 0.3) is 0 Å². The number of carboxylic acids is 1. The molecule has 0 rings (SSSR count). The second-order valence-corrected chi connectivity index (χ2v) is 2.20. The van der Waals surface area contributed by atoms with E-state index in [1.807, 2.05) is 0 Å². The van der Waals surface area contributed by atoms with Crippen molar-refractivity contribution in [2.45, 2.75) is 12.8 Å². The van der Waals surface area contributed by atoms with Gasteiger partial charge in [-0.2, -0.15) is 0 Å². The van der Waals surface area contributed by atoms with Gasteiger partial charge in [-0.05, 0) is 6.42 Å². The van der Waals surface area contributed by atoms with E-state index in [-0.39, 0.29) is 19.6 Å². The number of hydrogen-bond donors (Lipinski definition) is 1. The number of carboxylic acid groups (broad SMARTS) is 1. The lowest BCUT2D eigenvalue weighted by molar-refractivity contribution is -0.137. The van der Waals surface area contributed by atoms with Crippen LogP contribution in [-0.4, -0.2) is 30.4 Å². The summed E-state index contributed by atoms with van der Waals surface area (Å²) in [4.78, 5) is 20.6. The summed E-state index contributed by atoms with van der Waals surface area (Å²) < 4.78 is 8.99. The Morgan fingerprint density at radius 1 is 1.38 bits per heavy atom. The van der Waals surface area contributed by atoms with Crippen LogP contribution in [0.15, 0.2) is 12.7 Å². The predicted octanol–water partition coefficient (Wildman–Crippen LogP) is 1.19. The average Bonchev–Trinajstić information content (AvgIpc) is 2.08. The number of ether oxygens (including phenoxy) is 2. The van der Waals surface area contributed by atoms with Crippen molar-refractivity contribution in [3.05, 3.63) is 12.7 Å². The molecule has 0 aliphatic rings. The van der Waals surface area contributed by atoms with Crippen LogP contribution in [0, 0.1) is 0 Å². The number of carbonyl (C=O) groups excluding carboxylic acids is 1. The number of aliphatic carboxylic acids is 1. The summed E-state index contributed by atoms with van der Waals surface area (Å²) in [5, 5.41) is 8.24. The van der Waals surface area contributed by atoms with E-state index in [4.69, 9.17) is 5.11 Å². The number of carbonyl (C=O) groups is 2. The van der Waals surface area contributed by atoms with Crippen molar-refractivity contribution in [2.24, 2.45) is 0 Å². The van der Waals surface area contributed by atoms with E-state index < -0.39 is 12.1 Å². The van der Waals surface area contributed by atoms with Gasteiger partial charge < -0.3 is 14.6 Å². The SMILES string of the molecule is C=CCOC(=O)OCCCC(=O)O. The van der Waals surface area contributed by atoms with Crippen LogP contribution in [0.4, 0.5) is 4.79 Å². The van der Waals surface area contributed by atoms with Crippen LogP contribution in [0.3, 0.4) is 0 Å². The van der Waals surface area contributed by atoms with Crippen molar-refractivity contribution < 1.29 is 24.2 Å². The summed E-state index contributed by atoms with van der Waals surface area (Å²) in [6.45, 7) is 3.49. The van der Waals surface area contributed by atoms with E-state index in [2.05, 4.69) is 16.1 Å². The Morgan fingerprint density at radius 3 is 2.62 bits per heavy atom. The first-order valence-corrected chi connectivity index (χ1v) is 3.79. The van der Waals surface area contributed by atoms with Gasteiger partial charge in [0.2, 0.25) is 0 Å². The van der Waals surface area contributed by atoms with Crippen LogP contribution < -0.4 is 0 Å². The van der Waals surface area contributed by atoms with E-state index in [0.29, 0.717) is 6.42 Å². The molecule has 13 heavy (non-hydrogen) atoms. The fourth-order valence-corrected chi connectivity index (χ4v) is 0.548. The minimum atomic E-state index is -0.914. The highest BCUT2D eigenvalue weighted by Gasteiger charge is 2.02. The Balaban J connectivity index is 3.26. The minimum absolute atomic E-state index is 0.0191. The van der Waals surface area contributed by atoms with Crippen LogP contribution in [-0.2, 0) is 14.3 Å². The first kappa shape index (κ1) is 11.5. The zero-order valence-electron chi connectivity index (χ0n) is 7.19. The van der Waals surface area contributed by atoms with Crippen molar-refractivity contribution >= 4 is 12.1 Å². The standard InChI is InChI=1S/C8H12O5/c1-2-5-12-8(11)13-6-3-4-7(9)10/h2H,1,3-6H2,(H,9,10). The van der Waals surface area contributed by atoms with Crippen LogP contribution in [0.1, 0.15) is 12.8 Å². The average molecular weight is 188 g/mol. The topological polar surface area (TPSA) is 72.8 Å². The Hall–Kier alpha value is -1.52. The van der Waals surface area contributed by atoms with E-state index in [1.165, 1.54) is 6.08 Å². The highest BCUT2D eigenvalue weighted by molar-refractivity contribution is 5.66. The molecule has 0 aromatic carbocycles. The molecular formula is C8H12O5. The third-order valence-electron chi connectivity index (χ3n) is 1.07. The molecule has 0 spiro atoms. The molecule has 0 bridgehead atoms. The maximum Gasteiger partial charge on any atom is 0.508 e. The molecule has 74 valence electrons. The molecule has 0 heterocycles. The van der Waals surface area contributed by atoms with Crippen molar-refractivity contribution in [3.63, 3.8) is 0 Å². The van der Waals surface area contributed by atoms with E-state index in [9.17, 15) is 9.59 Å². The molecule has 0 saturated heterocycles. The molecule has 0 amide bonds. The van der Waals surface area contributed by atoms with E-state index in [0.717, 1.165) is 0 Å². The first-order chi connectivity index (χ1) is 6.16. The number of hydrogen-bond acceptors (Lipinski definition) is 4. The summed E-state index contributed by atoms with van der Waals surface area (Å²) in [6, 6.07) is 0. The highest BCUT2D eigenvalue weighted by atomic mass is 16.7. The van der Waals surface area contributed by atoms with Crippen molar-refractivity contribution in [2.75, 3.05) is 13.2 Å². The first-order valence-electron chi connectivity index (χ1n) is 3.79. The molecule has 5 nitrogen and oxygen atoms in total. The van der Waals surface area contributed by atoms with Gasteiger partial charge in [-0.3, -0.25) is 4.79 Å². The smallest absolute Gasteiger partial charge is 0.481 e. The minimum Gasteiger partial charge on any atom is -0.481 e. The van der Waals surface area contributed by atoms with Gasteiger partial charge in [0.05, 0.1) is 6.61 Å². The molecule has 0 fully saturated rings. The highest BCUT2D eigenvalue weighted by Crippen LogP contribution is 1.92. The van der Waals surface area contributed by atoms with Gasteiger partial charge >= 0.3 is 12.1 Å². The molecule has 5 heteroatoms. The Kier molecular flexibility index (Phi) is 6.31. The van der Waals surface area contributed by atoms with Gasteiger partial charge in [-0.15, -0.1) is 0 Å². The lowest BCUT2D eigenvalue weighted by Gasteiger charge is -2.02. The van der Waals surface area contributed by atoms with Crippen LogP contribution >= 0.6 is 0 Å². The van der Waals surface area contributed by atoms with Crippen molar-refractivity contribution in [3.8, 4) is 0 Å². The Bertz CT molecular complexity index is 187. The summed E-state index contributed by atoms with van der Waals surface area (Å²) >= 11 is 0. The lowest BCUT2D eigenvalue weighted by Crippen LogP contribution is -2.09. The maximum atomic E-state index is 10.6. The molecule has 0 radical (unpaired) electrons. The van der Waals surface area contributed by atoms with Gasteiger partial charge in [0.1, 0.15) is 6.61 Å². The van der Waals surface area contributed by atoms with Gasteiger partial charge in [-0.25, -0.2) is 4.79 Å². The van der Waals surface area contributed by atoms with E-state index in [1.54, 1.807) is 0 Å². The molecule has 0 aromatic heterocycles. The zero-order chi connectivity index (χ0) is 10.1. The predicted molar refractivity (Wildman–Crippen MR) is 44.4 cm³/mol. The van der Waals surface area contributed by atoms with Gasteiger partial charge in [0, 0.05) is 6.42 Å². The van der Waals surface area contributed by atoms with E-state index >= 15 is 0 Å². The lowest BCUT2D eigenvalue weighted by atomic mass is 10.3. The van der Waals surface area contributed by atoms with Crippen LogP contribution in [0.5, 0.6) is 0 Å². The molecule has 0 aliphatic heterocycles. The van der Waals surface area contributed by atoms with Crippen molar-refractivity contribution in [1.29, 1.82) is 0 Å². The third-order valence-corrected chi connectivity index (χ3v) is 1.07. The quantitative estimate of drug-likeness (QED) is 0.385. The summed E-state index contributed by atoms with van der Waals surface area (Å²) in [6.07, 6.45) is 0.886. The summed E-state index contributed by atoms with van der Waals surface area (Å²) in [5.41, 5.74) is 0. The molecule has 0 atom stereocenters. The second-order valence-electron chi connectivity index (χ2n) is 2.20. The normalized spacial score (nSPS) is 8.92.